The molecule has 0 aliphatic heterocycles. The van der Waals surface area contributed by atoms with Gasteiger partial charge < -0.3 is 19.9 Å². The molecule has 2 N–H and O–H groups in total. The van der Waals surface area contributed by atoms with Crippen LogP contribution >= 0.6 is 0 Å². The monoisotopic (exact) mass is 293 g/mol. The lowest BCUT2D eigenvalue weighted by Gasteiger charge is -2.16. The van der Waals surface area contributed by atoms with Crippen molar-refractivity contribution in [2.45, 2.75) is 26.0 Å². The molecule has 1 atom stereocenters. The number of hydrogen-bond donors (Lipinski definition) is 2. The fraction of sp³-hybridized carbons (Fsp3) is 0.438. The number of ether oxygens (including phenoxy) is 2. The maximum atomic E-state index is 11.1. The third kappa shape index (κ3) is 6.92. The van der Waals surface area contributed by atoms with Gasteiger partial charge in [0.1, 0.15) is 18.5 Å². The van der Waals surface area contributed by atoms with Crippen molar-refractivity contribution in [2.24, 2.45) is 0 Å². The number of methoxy groups -OCH3 is 1. The molecule has 5 heteroatoms. The molecule has 0 radical (unpaired) electrons. The summed E-state index contributed by atoms with van der Waals surface area (Å²) in [6, 6.07) is 7.62. The first-order valence-corrected chi connectivity index (χ1v) is 6.92. The Hall–Kier alpha value is -1.85. The zero-order valence-electron chi connectivity index (χ0n) is 12.7. The van der Waals surface area contributed by atoms with Crippen LogP contribution in [-0.2, 0) is 9.53 Å². The number of rotatable bonds is 8. The average Bonchev–Trinajstić information content (AvgIpc) is 2.49. The molecule has 0 aromatic heterocycles. The van der Waals surface area contributed by atoms with Crippen molar-refractivity contribution in [3.05, 3.63) is 35.9 Å². The van der Waals surface area contributed by atoms with E-state index in [1.54, 1.807) is 12.1 Å². The van der Waals surface area contributed by atoms with E-state index in [0.29, 0.717) is 18.3 Å². The van der Waals surface area contributed by atoms with Gasteiger partial charge in [0, 0.05) is 24.2 Å². The smallest absolute Gasteiger partial charge is 0.330 e. The Balaban J connectivity index is 2.58. The van der Waals surface area contributed by atoms with Gasteiger partial charge in [-0.05, 0) is 12.1 Å². The first-order chi connectivity index (χ1) is 10.0. The van der Waals surface area contributed by atoms with Crippen LogP contribution < -0.4 is 10.1 Å². The van der Waals surface area contributed by atoms with Crippen molar-refractivity contribution in [3.63, 3.8) is 0 Å². The summed E-state index contributed by atoms with van der Waals surface area (Å²) in [4.78, 5) is 11.1. The number of carbonyl (C=O) groups excluding carboxylic acids is 1. The summed E-state index contributed by atoms with van der Waals surface area (Å²) in [5.74, 6) is 0.187. The Morgan fingerprint density at radius 1 is 1.38 bits per heavy atom. The fourth-order valence-electron chi connectivity index (χ4n) is 1.59. The van der Waals surface area contributed by atoms with Crippen molar-refractivity contribution in [1.29, 1.82) is 0 Å². The number of esters is 1. The summed E-state index contributed by atoms with van der Waals surface area (Å²) in [6.45, 7) is 4.68. The lowest BCUT2D eigenvalue weighted by molar-refractivity contribution is -0.134. The molecular weight excluding hydrogens is 270 g/mol. The molecule has 0 aliphatic carbocycles. The lowest BCUT2D eigenvalue weighted by Crippen LogP contribution is -2.35. The molecule has 116 valence electrons. The highest BCUT2D eigenvalue weighted by atomic mass is 16.5. The molecule has 0 bridgehead atoms. The van der Waals surface area contributed by atoms with Crippen LogP contribution in [0, 0.1) is 0 Å². The Labute approximate surface area is 125 Å². The number of carbonyl (C=O) groups is 1. The average molecular weight is 293 g/mol. The van der Waals surface area contributed by atoms with Crippen LogP contribution in [0.3, 0.4) is 0 Å². The van der Waals surface area contributed by atoms with E-state index in [-0.39, 0.29) is 6.61 Å². The van der Waals surface area contributed by atoms with E-state index >= 15 is 0 Å². The van der Waals surface area contributed by atoms with E-state index in [1.807, 2.05) is 32.0 Å². The van der Waals surface area contributed by atoms with Crippen LogP contribution in [0.5, 0.6) is 5.75 Å². The second-order valence-electron chi connectivity index (χ2n) is 4.92. The number of aliphatic hydroxyl groups excluding tert-OH is 1. The van der Waals surface area contributed by atoms with Crippen LogP contribution in [0.25, 0.3) is 6.08 Å². The van der Waals surface area contributed by atoms with E-state index < -0.39 is 12.1 Å². The standard InChI is InChI=1S/C16H23NO4/c1-12(2)17-10-14(18)11-21-15-7-5-4-6-13(15)8-9-16(19)20-3/h4-9,12,14,17-18H,10-11H2,1-3H3/b9-8+/t14-/m0/s1. The van der Waals surface area contributed by atoms with E-state index in [2.05, 4.69) is 10.1 Å². The summed E-state index contributed by atoms with van der Waals surface area (Å²) in [5, 5.41) is 13.0. The number of aliphatic hydroxyl groups is 1. The van der Waals surface area contributed by atoms with Crippen molar-refractivity contribution < 1.29 is 19.4 Å². The molecule has 0 unspecified atom stereocenters. The van der Waals surface area contributed by atoms with Gasteiger partial charge in [0.15, 0.2) is 0 Å². The largest absolute Gasteiger partial charge is 0.490 e. The van der Waals surface area contributed by atoms with Gasteiger partial charge in [0.25, 0.3) is 0 Å². The lowest BCUT2D eigenvalue weighted by atomic mass is 10.2. The minimum absolute atomic E-state index is 0.183. The summed E-state index contributed by atoms with van der Waals surface area (Å²) in [7, 11) is 1.33. The Morgan fingerprint density at radius 2 is 2.10 bits per heavy atom. The highest BCUT2D eigenvalue weighted by Crippen LogP contribution is 2.19. The fourth-order valence-corrected chi connectivity index (χ4v) is 1.59. The van der Waals surface area contributed by atoms with Crippen molar-refractivity contribution >= 4 is 12.0 Å². The molecule has 1 aromatic carbocycles. The van der Waals surface area contributed by atoms with Gasteiger partial charge >= 0.3 is 5.97 Å². The SMILES string of the molecule is COC(=O)/C=C/c1ccccc1OC[C@@H](O)CNC(C)C. The topological polar surface area (TPSA) is 67.8 Å². The molecule has 21 heavy (non-hydrogen) atoms. The molecular formula is C16H23NO4. The molecule has 1 rings (SSSR count). The number of benzene rings is 1. The second kappa shape index (κ2) is 9.15. The van der Waals surface area contributed by atoms with Gasteiger partial charge in [-0.3, -0.25) is 0 Å². The highest BCUT2D eigenvalue weighted by Gasteiger charge is 2.07. The molecule has 0 saturated carbocycles. The van der Waals surface area contributed by atoms with Crippen LogP contribution in [0.1, 0.15) is 19.4 Å². The molecule has 5 nitrogen and oxygen atoms in total. The molecule has 0 amide bonds. The third-order valence-corrected chi connectivity index (χ3v) is 2.71. The number of para-hydroxylation sites is 1. The minimum atomic E-state index is -0.593. The first kappa shape index (κ1) is 17.2. The predicted octanol–water partition coefficient (Wildman–Crippen LogP) is 1.61. The molecule has 0 spiro atoms. The maximum Gasteiger partial charge on any atom is 0.330 e. The van der Waals surface area contributed by atoms with Gasteiger partial charge in [0.2, 0.25) is 0 Å². The van der Waals surface area contributed by atoms with Crippen molar-refractivity contribution in [2.75, 3.05) is 20.3 Å². The van der Waals surface area contributed by atoms with E-state index in [1.165, 1.54) is 13.2 Å². The quantitative estimate of drug-likeness (QED) is 0.563. The van der Waals surface area contributed by atoms with Crippen LogP contribution in [0.15, 0.2) is 30.3 Å². The molecule has 0 saturated heterocycles. The van der Waals surface area contributed by atoms with Gasteiger partial charge in [-0.15, -0.1) is 0 Å². The molecule has 0 heterocycles. The van der Waals surface area contributed by atoms with Gasteiger partial charge in [0.05, 0.1) is 7.11 Å². The van der Waals surface area contributed by atoms with Crippen molar-refractivity contribution in [1.82, 2.24) is 5.32 Å². The Kier molecular flexibility index (Phi) is 7.50. The molecule has 0 aliphatic rings. The van der Waals surface area contributed by atoms with E-state index in [4.69, 9.17) is 4.74 Å². The third-order valence-electron chi connectivity index (χ3n) is 2.71. The predicted molar refractivity (Wildman–Crippen MR) is 82.1 cm³/mol. The van der Waals surface area contributed by atoms with Crippen LogP contribution in [0.4, 0.5) is 0 Å². The second-order valence-corrected chi connectivity index (χ2v) is 4.92. The van der Waals surface area contributed by atoms with Gasteiger partial charge in [-0.25, -0.2) is 4.79 Å². The molecule has 0 fully saturated rings. The number of nitrogens with one attached hydrogen (secondary N) is 1. The highest BCUT2D eigenvalue weighted by molar-refractivity contribution is 5.87. The Morgan fingerprint density at radius 3 is 2.76 bits per heavy atom. The summed E-state index contributed by atoms with van der Waals surface area (Å²) >= 11 is 0. The van der Waals surface area contributed by atoms with Gasteiger partial charge in [-0.1, -0.05) is 32.0 Å². The number of hydrogen-bond acceptors (Lipinski definition) is 5. The first-order valence-electron chi connectivity index (χ1n) is 6.92. The minimum Gasteiger partial charge on any atom is -0.490 e. The zero-order chi connectivity index (χ0) is 15.7. The van der Waals surface area contributed by atoms with E-state index in [0.717, 1.165) is 5.56 Å². The summed E-state index contributed by atoms with van der Waals surface area (Å²) in [6.07, 6.45) is 2.36. The maximum absolute atomic E-state index is 11.1. The summed E-state index contributed by atoms with van der Waals surface area (Å²) < 4.78 is 10.2. The van der Waals surface area contributed by atoms with Crippen LogP contribution in [-0.4, -0.2) is 43.5 Å². The van der Waals surface area contributed by atoms with Crippen LogP contribution in [0.2, 0.25) is 0 Å². The normalized spacial score (nSPS) is 12.6. The Bertz CT molecular complexity index is 471. The zero-order valence-corrected chi connectivity index (χ0v) is 12.7. The summed E-state index contributed by atoms with van der Waals surface area (Å²) in [5.41, 5.74) is 0.756. The van der Waals surface area contributed by atoms with E-state index in [9.17, 15) is 9.90 Å². The molecule has 1 aromatic rings. The van der Waals surface area contributed by atoms with Gasteiger partial charge in [-0.2, -0.15) is 0 Å². The van der Waals surface area contributed by atoms with Crippen molar-refractivity contribution in [3.8, 4) is 5.75 Å².